The van der Waals surface area contributed by atoms with E-state index in [2.05, 4.69) is 21.3 Å². The second-order valence-electron chi connectivity index (χ2n) is 9.89. The van der Waals surface area contributed by atoms with Crippen LogP contribution in [0.1, 0.15) is 44.8 Å². The second kappa shape index (κ2) is 10.7. The minimum atomic E-state index is -0.965. The molecule has 4 aromatic rings. The Kier molecular flexibility index (Phi) is 6.87. The molecule has 6 heterocycles. The summed E-state index contributed by atoms with van der Waals surface area (Å²) in [6, 6.07) is 12.0. The van der Waals surface area contributed by atoms with E-state index in [0.717, 1.165) is 97.6 Å². The Morgan fingerprint density at radius 3 is 2.79 bits per heavy atom. The predicted molar refractivity (Wildman–Crippen MR) is 144 cm³/mol. The lowest BCUT2D eigenvalue weighted by Gasteiger charge is -2.23. The van der Waals surface area contributed by atoms with Crippen LogP contribution in [0.25, 0.3) is 33.5 Å². The Morgan fingerprint density at radius 1 is 1.03 bits per heavy atom. The van der Waals surface area contributed by atoms with E-state index in [1.807, 2.05) is 47.4 Å². The zero-order valence-electron chi connectivity index (χ0n) is 21.2. The van der Waals surface area contributed by atoms with Crippen molar-refractivity contribution in [3.8, 4) is 22.6 Å². The Balaban J connectivity index is 1.38. The predicted octanol–water partition coefficient (Wildman–Crippen LogP) is 4.88. The van der Waals surface area contributed by atoms with Crippen LogP contribution in [0, 0.1) is 0 Å². The number of rotatable bonds is 5. The van der Waals surface area contributed by atoms with Crippen LogP contribution >= 0.6 is 0 Å². The average molecular weight is 514 g/mol. The standard InChI is InChI=1S/C28H31N7O3/c36-28(37)31-20-7-5-13-34(14-11-20)25-9-3-8-22(32-25)27-21-16-23(19-6-4-12-29-17-19)30-18-24(21)35(33-27)26-10-1-2-15-38-26/h3-4,6,8-9,12,16-18,20,26,31H,1-2,5,7,10-11,13-15H2,(H,36,37)/t20-,26?/m0/s1. The molecule has 2 aliphatic rings. The minimum absolute atomic E-state index is 0.0331. The number of pyridine rings is 3. The van der Waals surface area contributed by atoms with Crippen molar-refractivity contribution in [3.05, 3.63) is 55.0 Å². The van der Waals surface area contributed by atoms with Gasteiger partial charge in [0.1, 0.15) is 11.5 Å². The highest BCUT2D eigenvalue weighted by atomic mass is 16.5. The normalized spacial score (nSPS) is 20.3. The molecule has 2 fully saturated rings. The number of hydrogen-bond acceptors (Lipinski definition) is 7. The zero-order chi connectivity index (χ0) is 25.9. The maximum atomic E-state index is 11.1. The summed E-state index contributed by atoms with van der Waals surface area (Å²) in [5, 5.41) is 17.8. The lowest BCUT2D eigenvalue weighted by Crippen LogP contribution is -2.34. The van der Waals surface area contributed by atoms with Crippen LogP contribution in [-0.2, 0) is 4.74 Å². The van der Waals surface area contributed by atoms with E-state index >= 15 is 0 Å². The van der Waals surface area contributed by atoms with Gasteiger partial charge in [-0.3, -0.25) is 9.97 Å². The van der Waals surface area contributed by atoms with Gasteiger partial charge in [0, 0.05) is 49.1 Å². The Hall–Kier alpha value is -4.05. The molecule has 2 atom stereocenters. The molecule has 1 amide bonds. The third-order valence-electron chi connectivity index (χ3n) is 7.34. The summed E-state index contributed by atoms with van der Waals surface area (Å²) < 4.78 is 8.06. The summed E-state index contributed by atoms with van der Waals surface area (Å²) in [5.74, 6) is 0.872. The molecule has 2 N–H and O–H groups in total. The largest absolute Gasteiger partial charge is 0.465 e. The van der Waals surface area contributed by atoms with Gasteiger partial charge >= 0.3 is 6.09 Å². The summed E-state index contributed by atoms with van der Waals surface area (Å²) >= 11 is 0. The molecule has 10 heteroatoms. The topological polar surface area (TPSA) is 118 Å². The molecule has 6 rings (SSSR count). The van der Waals surface area contributed by atoms with Gasteiger partial charge in [-0.05, 0) is 68.9 Å². The number of fused-ring (bicyclic) bond motifs is 1. The van der Waals surface area contributed by atoms with E-state index in [1.54, 1.807) is 6.20 Å². The first-order valence-electron chi connectivity index (χ1n) is 13.3. The molecular formula is C28H31N7O3. The lowest BCUT2D eigenvalue weighted by atomic mass is 10.1. The van der Waals surface area contributed by atoms with Crippen molar-refractivity contribution in [1.82, 2.24) is 30.0 Å². The number of nitrogens with zero attached hydrogens (tertiary/aromatic N) is 6. The minimum Gasteiger partial charge on any atom is -0.465 e. The van der Waals surface area contributed by atoms with E-state index in [9.17, 15) is 4.79 Å². The SMILES string of the molecule is O=C(O)N[C@H]1CCCN(c2cccc(-c3nn(C4CCCCO4)c4cnc(-c5cccnc5)cc34)n2)CC1. The van der Waals surface area contributed by atoms with E-state index in [1.165, 1.54) is 0 Å². The number of hydrogen-bond donors (Lipinski definition) is 2. The molecule has 2 aliphatic heterocycles. The van der Waals surface area contributed by atoms with Gasteiger partial charge in [-0.25, -0.2) is 14.5 Å². The summed E-state index contributed by atoms with van der Waals surface area (Å²) in [6.07, 6.45) is 9.89. The quantitative estimate of drug-likeness (QED) is 0.388. The van der Waals surface area contributed by atoms with Gasteiger partial charge in [0.2, 0.25) is 0 Å². The van der Waals surface area contributed by atoms with Gasteiger partial charge in [0.25, 0.3) is 0 Å². The summed E-state index contributed by atoms with van der Waals surface area (Å²) in [7, 11) is 0. The highest BCUT2D eigenvalue weighted by Crippen LogP contribution is 2.34. The molecule has 0 aromatic carbocycles. The van der Waals surface area contributed by atoms with Crippen molar-refractivity contribution >= 4 is 22.8 Å². The zero-order valence-corrected chi connectivity index (χ0v) is 21.2. The maximum absolute atomic E-state index is 11.1. The van der Waals surface area contributed by atoms with Gasteiger partial charge in [0.05, 0.1) is 23.1 Å². The molecule has 0 saturated carbocycles. The van der Waals surface area contributed by atoms with Crippen LogP contribution in [0.5, 0.6) is 0 Å². The molecule has 10 nitrogen and oxygen atoms in total. The summed E-state index contributed by atoms with van der Waals surface area (Å²) in [5.41, 5.74) is 4.28. The van der Waals surface area contributed by atoms with Gasteiger partial charge in [0.15, 0.2) is 6.23 Å². The Bertz CT molecular complexity index is 1420. The summed E-state index contributed by atoms with van der Waals surface area (Å²) in [4.78, 5) is 27.4. The number of anilines is 1. The highest BCUT2D eigenvalue weighted by Gasteiger charge is 2.24. The monoisotopic (exact) mass is 513 g/mol. The third kappa shape index (κ3) is 5.04. The summed E-state index contributed by atoms with van der Waals surface area (Å²) in [6.45, 7) is 2.29. The van der Waals surface area contributed by atoms with Crippen LogP contribution in [0.4, 0.5) is 10.6 Å². The molecule has 4 aromatic heterocycles. The van der Waals surface area contributed by atoms with Crippen LogP contribution in [0.2, 0.25) is 0 Å². The van der Waals surface area contributed by atoms with E-state index in [0.29, 0.717) is 0 Å². The number of carbonyl (C=O) groups is 1. The number of aromatic nitrogens is 5. The fraction of sp³-hybridized carbons (Fsp3) is 0.393. The fourth-order valence-corrected chi connectivity index (χ4v) is 5.41. The van der Waals surface area contributed by atoms with E-state index in [4.69, 9.17) is 24.9 Å². The lowest BCUT2D eigenvalue weighted by molar-refractivity contribution is -0.0365. The molecule has 0 radical (unpaired) electrons. The number of amides is 1. The molecule has 0 aliphatic carbocycles. The van der Waals surface area contributed by atoms with Crippen LogP contribution in [0.15, 0.2) is 55.0 Å². The van der Waals surface area contributed by atoms with Crippen molar-refractivity contribution in [2.75, 3.05) is 24.6 Å². The third-order valence-corrected chi connectivity index (χ3v) is 7.34. The Morgan fingerprint density at radius 2 is 1.97 bits per heavy atom. The smallest absolute Gasteiger partial charge is 0.404 e. The molecule has 196 valence electrons. The van der Waals surface area contributed by atoms with Crippen molar-refractivity contribution in [2.24, 2.45) is 0 Å². The first kappa shape index (κ1) is 24.3. The number of carboxylic acid groups (broad SMARTS) is 1. The molecule has 2 saturated heterocycles. The highest BCUT2D eigenvalue weighted by molar-refractivity contribution is 5.94. The second-order valence-corrected chi connectivity index (χ2v) is 9.89. The maximum Gasteiger partial charge on any atom is 0.404 e. The Labute approximate surface area is 220 Å². The van der Waals surface area contributed by atoms with Gasteiger partial charge < -0.3 is 20.1 Å². The van der Waals surface area contributed by atoms with Gasteiger partial charge in [-0.15, -0.1) is 0 Å². The number of ether oxygens (including phenoxy) is 1. The first-order valence-corrected chi connectivity index (χ1v) is 13.3. The van der Waals surface area contributed by atoms with Gasteiger partial charge in [-0.1, -0.05) is 6.07 Å². The van der Waals surface area contributed by atoms with Crippen molar-refractivity contribution in [3.63, 3.8) is 0 Å². The first-order chi connectivity index (χ1) is 18.7. The molecule has 0 bridgehead atoms. The molecular weight excluding hydrogens is 482 g/mol. The average Bonchev–Trinajstić information content (AvgIpc) is 3.19. The van der Waals surface area contributed by atoms with Crippen molar-refractivity contribution in [1.29, 1.82) is 0 Å². The molecule has 0 spiro atoms. The fourth-order valence-electron chi connectivity index (χ4n) is 5.41. The van der Waals surface area contributed by atoms with Crippen LogP contribution in [0.3, 0.4) is 0 Å². The molecule has 1 unspecified atom stereocenters. The van der Waals surface area contributed by atoms with Gasteiger partial charge in [-0.2, -0.15) is 5.10 Å². The van der Waals surface area contributed by atoms with Crippen LogP contribution in [-0.4, -0.2) is 61.7 Å². The van der Waals surface area contributed by atoms with Crippen molar-refractivity contribution in [2.45, 2.75) is 50.8 Å². The van der Waals surface area contributed by atoms with E-state index < -0.39 is 6.09 Å². The van der Waals surface area contributed by atoms with E-state index in [-0.39, 0.29) is 12.3 Å². The molecule has 38 heavy (non-hydrogen) atoms. The van der Waals surface area contributed by atoms with Crippen LogP contribution < -0.4 is 10.2 Å². The van der Waals surface area contributed by atoms with Crippen molar-refractivity contribution < 1.29 is 14.6 Å². The number of nitrogens with one attached hydrogen (secondary N) is 1.